The maximum absolute atomic E-state index is 12.6. The molecule has 1 N–H and O–H groups in total. The average Bonchev–Trinajstić information content (AvgIpc) is 3.19. The van der Waals surface area contributed by atoms with E-state index < -0.39 is 0 Å². The number of amidine groups is 1. The van der Waals surface area contributed by atoms with Crippen molar-refractivity contribution in [3.8, 4) is 5.69 Å². The normalized spacial score (nSPS) is 16.4. The lowest BCUT2D eigenvalue weighted by molar-refractivity contribution is -0.115. The van der Waals surface area contributed by atoms with Crippen LogP contribution in [0.1, 0.15) is 39.2 Å². The first-order valence-corrected chi connectivity index (χ1v) is 11.2. The average molecular weight is 430 g/mol. The van der Waals surface area contributed by atoms with E-state index in [-0.39, 0.29) is 5.91 Å². The zero-order valence-corrected chi connectivity index (χ0v) is 19.6. The summed E-state index contributed by atoms with van der Waals surface area (Å²) < 4.78 is 2.24. The Hall–Kier alpha value is -3.05. The smallest absolute Gasteiger partial charge is 0.264 e. The van der Waals surface area contributed by atoms with E-state index in [9.17, 15) is 4.79 Å². The van der Waals surface area contributed by atoms with Crippen LogP contribution in [0, 0.1) is 41.5 Å². The molecule has 3 aromatic rings. The largest absolute Gasteiger partial charge is 0.318 e. The molecule has 0 bridgehead atoms. The Morgan fingerprint density at radius 3 is 2.23 bits per heavy atom. The number of amides is 1. The number of thioether (sulfide) groups is 1. The summed E-state index contributed by atoms with van der Waals surface area (Å²) in [5, 5.41) is 3.51. The fourth-order valence-electron chi connectivity index (χ4n) is 3.73. The lowest BCUT2D eigenvalue weighted by Crippen LogP contribution is -2.19. The molecule has 1 amide bonds. The Morgan fingerprint density at radius 2 is 1.55 bits per heavy atom. The lowest BCUT2D eigenvalue weighted by Gasteiger charge is -2.11. The van der Waals surface area contributed by atoms with Crippen molar-refractivity contribution < 1.29 is 4.79 Å². The first-order chi connectivity index (χ1) is 14.7. The van der Waals surface area contributed by atoms with E-state index in [4.69, 9.17) is 0 Å². The van der Waals surface area contributed by atoms with Crippen LogP contribution in [0.2, 0.25) is 0 Å². The van der Waals surface area contributed by atoms with Crippen molar-refractivity contribution in [1.82, 2.24) is 9.88 Å². The molecule has 0 radical (unpaired) electrons. The predicted molar refractivity (Wildman–Crippen MR) is 131 cm³/mol. The molecule has 0 atom stereocenters. The van der Waals surface area contributed by atoms with E-state index in [2.05, 4.69) is 86.8 Å². The molecular formula is C26H27N3OS. The third-order valence-electron chi connectivity index (χ3n) is 5.88. The van der Waals surface area contributed by atoms with Crippen LogP contribution >= 0.6 is 11.8 Å². The molecular weight excluding hydrogens is 402 g/mol. The number of rotatable bonds is 3. The highest BCUT2D eigenvalue weighted by Gasteiger charge is 2.24. The first-order valence-electron chi connectivity index (χ1n) is 10.4. The Morgan fingerprint density at radius 1 is 0.871 bits per heavy atom. The van der Waals surface area contributed by atoms with Crippen molar-refractivity contribution in [1.29, 1.82) is 0 Å². The second-order valence-corrected chi connectivity index (χ2v) is 9.21. The highest BCUT2D eigenvalue weighted by Crippen LogP contribution is 2.31. The van der Waals surface area contributed by atoms with Gasteiger partial charge in [0.15, 0.2) is 5.17 Å². The van der Waals surface area contributed by atoms with Crippen molar-refractivity contribution in [3.05, 3.63) is 86.6 Å². The van der Waals surface area contributed by atoms with Crippen molar-refractivity contribution in [2.24, 2.45) is 4.99 Å². The maximum atomic E-state index is 12.6. The van der Waals surface area contributed by atoms with Gasteiger partial charge >= 0.3 is 0 Å². The van der Waals surface area contributed by atoms with Crippen molar-refractivity contribution >= 4 is 34.6 Å². The van der Waals surface area contributed by atoms with Gasteiger partial charge in [-0.2, -0.15) is 0 Å². The van der Waals surface area contributed by atoms with Gasteiger partial charge in [0, 0.05) is 17.1 Å². The Labute approximate surface area is 188 Å². The SMILES string of the molecule is Cc1ccc(N=C2NC(=O)/C(=C\c3cc(C)n(-c4ccc(C)c(C)c4)c3C)S2)cc1C. The molecule has 1 aliphatic heterocycles. The minimum Gasteiger partial charge on any atom is -0.318 e. The molecule has 5 heteroatoms. The van der Waals surface area contributed by atoms with E-state index in [1.807, 2.05) is 18.2 Å². The number of hydrogen-bond acceptors (Lipinski definition) is 3. The molecule has 2 aromatic carbocycles. The second kappa shape index (κ2) is 8.23. The summed E-state index contributed by atoms with van der Waals surface area (Å²) in [7, 11) is 0. The molecule has 1 fully saturated rings. The summed E-state index contributed by atoms with van der Waals surface area (Å²) in [6, 6.07) is 14.7. The lowest BCUT2D eigenvalue weighted by atomic mass is 10.1. The number of aromatic nitrogens is 1. The third kappa shape index (κ3) is 4.23. The predicted octanol–water partition coefficient (Wildman–Crippen LogP) is 6.22. The number of nitrogens with one attached hydrogen (secondary N) is 1. The molecule has 0 unspecified atom stereocenters. The van der Waals surface area contributed by atoms with Crippen LogP contribution in [0.25, 0.3) is 11.8 Å². The minimum atomic E-state index is -0.108. The maximum Gasteiger partial charge on any atom is 0.264 e. The van der Waals surface area contributed by atoms with Crippen LogP contribution in [0.3, 0.4) is 0 Å². The van der Waals surface area contributed by atoms with Gasteiger partial charge in [0.2, 0.25) is 0 Å². The van der Waals surface area contributed by atoms with Crippen LogP contribution < -0.4 is 5.32 Å². The summed E-state index contributed by atoms with van der Waals surface area (Å²) in [6.07, 6.45) is 1.96. The third-order valence-corrected chi connectivity index (χ3v) is 6.79. The summed E-state index contributed by atoms with van der Waals surface area (Å²) in [4.78, 5) is 17.8. The molecule has 0 spiro atoms. The van der Waals surface area contributed by atoms with Gasteiger partial charge in [-0.05, 0) is 118 Å². The van der Waals surface area contributed by atoms with Crippen LogP contribution in [-0.4, -0.2) is 15.6 Å². The topological polar surface area (TPSA) is 46.4 Å². The van der Waals surface area contributed by atoms with Crippen LogP contribution in [0.5, 0.6) is 0 Å². The standard InChI is InChI=1S/C26H27N3OS/c1-15-7-9-22(11-17(15)3)27-26-28-25(30)24(31-26)14-21-13-19(5)29(20(21)6)23-10-8-16(2)18(4)12-23/h7-14H,1-6H3,(H,27,28,30)/b24-14+. The highest BCUT2D eigenvalue weighted by atomic mass is 32.2. The van der Waals surface area contributed by atoms with E-state index in [1.165, 1.54) is 34.0 Å². The number of benzene rings is 2. The summed E-state index contributed by atoms with van der Waals surface area (Å²) in [5.74, 6) is -0.108. The molecule has 1 aromatic heterocycles. The van der Waals surface area contributed by atoms with Gasteiger partial charge in [0.05, 0.1) is 10.6 Å². The molecule has 4 rings (SSSR count). The fraction of sp³-hybridized carbons (Fsp3) is 0.231. The van der Waals surface area contributed by atoms with Gasteiger partial charge in [0.25, 0.3) is 5.91 Å². The van der Waals surface area contributed by atoms with E-state index in [0.717, 1.165) is 28.3 Å². The Balaban J connectivity index is 1.64. The number of carbonyl (C=O) groups is 1. The highest BCUT2D eigenvalue weighted by molar-refractivity contribution is 8.18. The number of aliphatic imine (C=N–C) groups is 1. The van der Waals surface area contributed by atoms with Crippen LogP contribution in [0.15, 0.2) is 52.4 Å². The van der Waals surface area contributed by atoms with E-state index in [0.29, 0.717) is 10.1 Å². The molecule has 31 heavy (non-hydrogen) atoms. The number of aryl methyl sites for hydroxylation is 5. The fourth-order valence-corrected chi connectivity index (χ4v) is 4.56. The molecule has 1 aliphatic rings. The molecule has 2 heterocycles. The van der Waals surface area contributed by atoms with Crippen molar-refractivity contribution in [2.45, 2.75) is 41.5 Å². The Bertz CT molecular complexity index is 1260. The van der Waals surface area contributed by atoms with Gasteiger partial charge in [-0.25, -0.2) is 4.99 Å². The van der Waals surface area contributed by atoms with E-state index >= 15 is 0 Å². The van der Waals surface area contributed by atoms with Crippen molar-refractivity contribution in [3.63, 3.8) is 0 Å². The first kappa shape index (κ1) is 21.2. The minimum absolute atomic E-state index is 0.108. The quantitative estimate of drug-likeness (QED) is 0.503. The summed E-state index contributed by atoms with van der Waals surface area (Å²) in [5.41, 5.74) is 10.2. The van der Waals surface area contributed by atoms with Crippen LogP contribution in [-0.2, 0) is 4.79 Å². The zero-order chi connectivity index (χ0) is 22.3. The van der Waals surface area contributed by atoms with Gasteiger partial charge in [0.1, 0.15) is 0 Å². The van der Waals surface area contributed by atoms with Gasteiger partial charge in [-0.1, -0.05) is 12.1 Å². The molecule has 0 aliphatic carbocycles. The number of hydrogen-bond donors (Lipinski definition) is 1. The zero-order valence-electron chi connectivity index (χ0n) is 18.8. The molecule has 0 saturated carbocycles. The Kier molecular flexibility index (Phi) is 5.63. The van der Waals surface area contributed by atoms with Gasteiger partial charge < -0.3 is 9.88 Å². The molecule has 1 saturated heterocycles. The van der Waals surface area contributed by atoms with Crippen molar-refractivity contribution in [2.75, 3.05) is 0 Å². The number of carbonyl (C=O) groups excluding carboxylic acids is 1. The summed E-state index contributed by atoms with van der Waals surface area (Å²) in [6.45, 7) is 12.6. The molecule has 4 nitrogen and oxygen atoms in total. The van der Waals surface area contributed by atoms with Gasteiger partial charge in [-0.3, -0.25) is 4.79 Å². The summed E-state index contributed by atoms with van der Waals surface area (Å²) >= 11 is 1.38. The van der Waals surface area contributed by atoms with Gasteiger partial charge in [-0.15, -0.1) is 0 Å². The van der Waals surface area contributed by atoms with Crippen LogP contribution in [0.4, 0.5) is 5.69 Å². The molecule has 158 valence electrons. The second-order valence-electron chi connectivity index (χ2n) is 8.18. The monoisotopic (exact) mass is 429 g/mol. The van der Waals surface area contributed by atoms with E-state index in [1.54, 1.807) is 0 Å². The number of nitrogens with zero attached hydrogens (tertiary/aromatic N) is 2.